The molecule has 31 heavy (non-hydrogen) atoms. The van der Waals surface area contributed by atoms with Gasteiger partial charge in [0, 0.05) is 31.2 Å². The van der Waals surface area contributed by atoms with E-state index in [0.717, 1.165) is 31.4 Å². The largest absolute Gasteiger partial charge is 0.455 e. The van der Waals surface area contributed by atoms with Gasteiger partial charge in [-0.2, -0.15) is 13.2 Å². The zero-order valence-electron chi connectivity index (χ0n) is 17.5. The van der Waals surface area contributed by atoms with Gasteiger partial charge in [-0.1, -0.05) is 0 Å². The monoisotopic (exact) mass is 440 g/mol. The van der Waals surface area contributed by atoms with E-state index in [-0.39, 0.29) is 30.0 Å². The highest BCUT2D eigenvalue weighted by Gasteiger charge is 2.32. The number of hydrogen-bond donors (Lipinski definition) is 0. The number of amides is 2. The smallest absolute Gasteiger partial charge is 0.416 e. The van der Waals surface area contributed by atoms with E-state index < -0.39 is 23.6 Å². The van der Waals surface area contributed by atoms with Gasteiger partial charge in [-0.3, -0.25) is 14.4 Å². The first-order chi connectivity index (χ1) is 14.7. The Morgan fingerprint density at radius 2 is 1.65 bits per heavy atom. The number of benzene rings is 1. The van der Waals surface area contributed by atoms with E-state index in [1.165, 1.54) is 17.0 Å². The van der Waals surface area contributed by atoms with Crippen molar-refractivity contribution in [3.63, 3.8) is 0 Å². The third-order valence-corrected chi connectivity index (χ3v) is 6.04. The van der Waals surface area contributed by atoms with Gasteiger partial charge in [0.05, 0.1) is 11.5 Å². The summed E-state index contributed by atoms with van der Waals surface area (Å²) in [7, 11) is 0. The van der Waals surface area contributed by atoms with Gasteiger partial charge in [-0.25, -0.2) is 0 Å². The van der Waals surface area contributed by atoms with Gasteiger partial charge in [-0.15, -0.1) is 0 Å². The van der Waals surface area contributed by atoms with E-state index in [0.29, 0.717) is 32.5 Å². The summed E-state index contributed by atoms with van der Waals surface area (Å²) in [5.74, 6) is -1.40. The van der Waals surface area contributed by atoms with Crippen LogP contribution in [0.5, 0.6) is 0 Å². The van der Waals surface area contributed by atoms with Crippen molar-refractivity contribution in [1.29, 1.82) is 0 Å². The lowest BCUT2D eigenvalue weighted by Crippen LogP contribution is -2.45. The fraction of sp³-hybridized carbons (Fsp3) is 0.591. The van der Waals surface area contributed by atoms with Crippen LogP contribution in [0.25, 0.3) is 0 Å². The molecular weight excluding hydrogens is 413 g/mol. The van der Waals surface area contributed by atoms with Crippen LogP contribution < -0.4 is 0 Å². The Kier molecular flexibility index (Phi) is 7.23. The molecule has 2 heterocycles. The highest BCUT2D eigenvalue weighted by atomic mass is 19.4. The van der Waals surface area contributed by atoms with Gasteiger partial charge in [0.25, 0.3) is 11.8 Å². The number of nitrogens with zero attached hydrogens (tertiary/aromatic N) is 2. The van der Waals surface area contributed by atoms with E-state index in [4.69, 9.17) is 4.74 Å². The first-order valence-electron chi connectivity index (χ1n) is 10.6. The minimum absolute atomic E-state index is 0.152. The quantitative estimate of drug-likeness (QED) is 0.673. The van der Waals surface area contributed by atoms with Crippen LogP contribution >= 0.6 is 0 Å². The molecule has 2 fully saturated rings. The van der Waals surface area contributed by atoms with Crippen LogP contribution in [-0.2, 0) is 20.5 Å². The highest BCUT2D eigenvalue weighted by Crippen LogP contribution is 2.29. The van der Waals surface area contributed by atoms with Crippen molar-refractivity contribution in [1.82, 2.24) is 9.80 Å². The first kappa shape index (κ1) is 23.1. The zero-order chi connectivity index (χ0) is 22.6. The van der Waals surface area contributed by atoms with Crippen LogP contribution in [0.1, 0.15) is 54.9 Å². The second-order valence-electron chi connectivity index (χ2n) is 8.18. The van der Waals surface area contributed by atoms with Crippen molar-refractivity contribution in [2.24, 2.45) is 5.92 Å². The average Bonchev–Trinajstić information content (AvgIpc) is 2.76. The SMILES string of the molecule is CC1CCCCN1C(=O)COC(=O)C1CCN(C(=O)c2ccc(C(F)(F)F)cc2)CC1. The van der Waals surface area contributed by atoms with Crippen LogP contribution in [0.15, 0.2) is 24.3 Å². The van der Waals surface area contributed by atoms with Crippen LogP contribution in [-0.4, -0.2) is 59.9 Å². The Balaban J connectivity index is 1.46. The van der Waals surface area contributed by atoms with Crippen molar-refractivity contribution >= 4 is 17.8 Å². The molecule has 0 aliphatic carbocycles. The van der Waals surface area contributed by atoms with Crippen LogP contribution in [0, 0.1) is 5.92 Å². The summed E-state index contributed by atoms with van der Waals surface area (Å²) in [4.78, 5) is 40.5. The number of hydrogen-bond acceptors (Lipinski definition) is 4. The second-order valence-corrected chi connectivity index (χ2v) is 8.18. The first-order valence-corrected chi connectivity index (χ1v) is 10.6. The molecule has 170 valence electrons. The summed E-state index contributed by atoms with van der Waals surface area (Å²) in [5, 5.41) is 0. The molecule has 3 rings (SSSR count). The second kappa shape index (κ2) is 9.70. The van der Waals surface area contributed by atoms with E-state index in [1.54, 1.807) is 4.90 Å². The number of likely N-dealkylation sites (tertiary alicyclic amines) is 2. The number of halogens is 3. The molecule has 0 N–H and O–H groups in total. The normalized spacial score (nSPS) is 20.5. The molecule has 2 aliphatic rings. The molecule has 1 unspecified atom stereocenters. The zero-order valence-corrected chi connectivity index (χ0v) is 17.5. The Morgan fingerprint density at radius 1 is 1.00 bits per heavy atom. The molecular formula is C22H27F3N2O4. The van der Waals surface area contributed by atoms with Gasteiger partial charge < -0.3 is 14.5 Å². The molecule has 1 atom stereocenters. The maximum Gasteiger partial charge on any atom is 0.416 e. The van der Waals surface area contributed by atoms with Gasteiger partial charge >= 0.3 is 12.1 Å². The molecule has 0 saturated carbocycles. The number of esters is 1. The summed E-state index contributed by atoms with van der Waals surface area (Å²) < 4.78 is 43.2. The van der Waals surface area contributed by atoms with Crippen molar-refractivity contribution in [3.05, 3.63) is 35.4 Å². The van der Waals surface area contributed by atoms with Crippen molar-refractivity contribution in [3.8, 4) is 0 Å². The predicted octanol–water partition coefficient (Wildman–Crippen LogP) is 3.50. The summed E-state index contributed by atoms with van der Waals surface area (Å²) in [6.07, 6.45) is -0.679. The fourth-order valence-corrected chi connectivity index (χ4v) is 4.10. The third kappa shape index (κ3) is 5.77. The molecule has 1 aromatic rings. The van der Waals surface area contributed by atoms with Crippen molar-refractivity contribution < 1.29 is 32.3 Å². The Hall–Kier alpha value is -2.58. The van der Waals surface area contributed by atoms with Crippen LogP contribution in [0.2, 0.25) is 0 Å². The molecule has 2 amide bonds. The lowest BCUT2D eigenvalue weighted by Gasteiger charge is -2.34. The highest BCUT2D eigenvalue weighted by molar-refractivity contribution is 5.94. The van der Waals surface area contributed by atoms with Crippen LogP contribution in [0.3, 0.4) is 0 Å². The molecule has 2 saturated heterocycles. The standard InChI is InChI=1S/C22H27F3N2O4/c1-15-4-2-3-11-27(15)19(28)14-31-21(30)17-9-12-26(13-10-17)20(29)16-5-7-18(8-6-16)22(23,24)25/h5-8,15,17H,2-4,9-14H2,1H3. The van der Waals surface area contributed by atoms with Gasteiger partial charge in [-0.05, 0) is 63.3 Å². The van der Waals surface area contributed by atoms with Crippen LogP contribution in [0.4, 0.5) is 13.2 Å². The number of ether oxygens (including phenoxy) is 1. The van der Waals surface area contributed by atoms with Crippen molar-refractivity contribution in [2.75, 3.05) is 26.2 Å². The molecule has 9 heteroatoms. The molecule has 0 bridgehead atoms. The minimum Gasteiger partial charge on any atom is -0.455 e. The maximum atomic E-state index is 12.7. The topological polar surface area (TPSA) is 66.9 Å². The molecule has 0 radical (unpaired) electrons. The van der Waals surface area contributed by atoms with E-state index >= 15 is 0 Å². The third-order valence-electron chi connectivity index (χ3n) is 6.04. The molecule has 6 nitrogen and oxygen atoms in total. The molecule has 2 aliphatic heterocycles. The molecule has 0 aromatic heterocycles. The lowest BCUT2D eigenvalue weighted by molar-refractivity contribution is -0.157. The van der Waals surface area contributed by atoms with Gasteiger partial charge in [0.15, 0.2) is 6.61 Å². The number of alkyl halides is 3. The number of rotatable bonds is 4. The fourth-order valence-electron chi connectivity index (χ4n) is 4.10. The van der Waals surface area contributed by atoms with Gasteiger partial charge in [0.2, 0.25) is 0 Å². The number of carbonyl (C=O) groups excluding carboxylic acids is 3. The van der Waals surface area contributed by atoms with E-state index in [9.17, 15) is 27.6 Å². The maximum absolute atomic E-state index is 12.7. The number of carbonyl (C=O) groups is 3. The summed E-state index contributed by atoms with van der Waals surface area (Å²) in [6.45, 7) is 3.01. The predicted molar refractivity (Wildman–Crippen MR) is 106 cm³/mol. The number of piperidine rings is 2. The molecule has 1 aromatic carbocycles. The minimum atomic E-state index is -4.45. The summed E-state index contributed by atoms with van der Waals surface area (Å²) >= 11 is 0. The van der Waals surface area contributed by atoms with E-state index in [1.807, 2.05) is 6.92 Å². The Morgan fingerprint density at radius 3 is 2.23 bits per heavy atom. The Bertz CT molecular complexity index is 802. The Labute approximate surface area is 179 Å². The van der Waals surface area contributed by atoms with Crippen molar-refractivity contribution in [2.45, 2.75) is 51.2 Å². The van der Waals surface area contributed by atoms with Gasteiger partial charge in [0.1, 0.15) is 0 Å². The summed E-state index contributed by atoms with van der Waals surface area (Å²) in [5.41, 5.74) is -0.630. The lowest BCUT2D eigenvalue weighted by atomic mass is 9.96. The van der Waals surface area contributed by atoms with E-state index in [2.05, 4.69) is 0 Å². The summed E-state index contributed by atoms with van der Waals surface area (Å²) in [6, 6.07) is 4.26. The average molecular weight is 440 g/mol. The molecule has 0 spiro atoms.